The minimum Gasteiger partial charge on any atom is -0.356 e. The molecule has 0 bridgehead atoms. The van der Waals surface area contributed by atoms with Gasteiger partial charge < -0.3 is 10.2 Å². The van der Waals surface area contributed by atoms with Crippen LogP contribution in [0.1, 0.15) is 31.7 Å². The third kappa shape index (κ3) is 4.01. The molecule has 0 aromatic heterocycles. The number of hydrogen-bond acceptors (Lipinski definition) is 1. The van der Waals surface area contributed by atoms with Crippen LogP contribution in [0.15, 0.2) is 35.3 Å². The van der Waals surface area contributed by atoms with Gasteiger partial charge in [0.15, 0.2) is 5.96 Å². The van der Waals surface area contributed by atoms with Gasteiger partial charge in [0.1, 0.15) is 6.54 Å². The standard InChI is InChI=1S/C18H25N3/c1-4-12-20-18(19-5-2)21-13-11-17(15(3)14-21)16-9-7-6-8-10-16/h1,6-10,15,17H,5,11-14H2,2-3H3,(H,19,20). The molecule has 0 radical (unpaired) electrons. The summed E-state index contributed by atoms with van der Waals surface area (Å²) >= 11 is 0. The highest BCUT2D eigenvalue weighted by atomic mass is 15.3. The van der Waals surface area contributed by atoms with E-state index in [0.29, 0.717) is 18.4 Å². The van der Waals surface area contributed by atoms with Crippen LogP contribution in [0.5, 0.6) is 0 Å². The van der Waals surface area contributed by atoms with Gasteiger partial charge in [-0.05, 0) is 30.7 Å². The zero-order chi connectivity index (χ0) is 15.1. The van der Waals surface area contributed by atoms with Crippen molar-refractivity contribution in [2.24, 2.45) is 10.9 Å². The van der Waals surface area contributed by atoms with E-state index in [1.807, 2.05) is 0 Å². The van der Waals surface area contributed by atoms with Gasteiger partial charge in [-0.15, -0.1) is 6.42 Å². The van der Waals surface area contributed by atoms with E-state index in [2.05, 4.69) is 65.3 Å². The van der Waals surface area contributed by atoms with E-state index in [1.165, 1.54) is 5.56 Å². The summed E-state index contributed by atoms with van der Waals surface area (Å²) in [7, 11) is 0. The Balaban J connectivity index is 2.04. The molecule has 2 atom stereocenters. The number of likely N-dealkylation sites (tertiary alicyclic amines) is 1. The number of benzene rings is 1. The van der Waals surface area contributed by atoms with Crippen LogP contribution in [0.2, 0.25) is 0 Å². The summed E-state index contributed by atoms with van der Waals surface area (Å²) in [6.45, 7) is 7.78. The van der Waals surface area contributed by atoms with Gasteiger partial charge in [-0.25, -0.2) is 4.99 Å². The monoisotopic (exact) mass is 283 g/mol. The first-order valence-electron chi connectivity index (χ1n) is 7.78. The molecule has 1 heterocycles. The van der Waals surface area contributed by atoms with Crippen molar-refractivity contribution in [2.75, 3.05) is 26.2 Å². The van der Waals surface area contributed by atoms with Crippen molar-refractivity contribution in [3.63, 3.8) is 0 Å². The van der Waals surface area contributed by atoms with Crippen LogP contribution in [0.3, 0.4) is 0 Å². The molecule has 1 N–H and O–H groups in total. The van der Waals surface area contributed by atoms with Crippen LogP contribution >= 0.6 is 0 Å². The molecule has 1 aromatic carbocycles. The lowest BCUT2D eigenvalue weighted by molar-refractivity contribution is 0.234. The zero-order valence-corrected chi connectivity index (χ0v) is 13.0. The molecule has 1 saturated heterocycles. The summed E-state index contributed by atoms with van der Waals surface area (Å²) in [5.41, 5.74) is 1.45. The predicted molar refractivity (Wildman–Crippen MR) is 89.3 cm³/mol. The summed E-state index contributed by atoms with van der Waals surface area (Å²) in [5, 5.41) is 3.34. The van der Waals surface area contributed by atoms with Crippen LogP contribution in [0.25, 0.3) is 0 Å². The Morgan fingerprint density at radius 1 is 1.43 bits per heavy atom. The third-order valence-corrected chi connectivity index (χ3v) is 4.09. The van der Waals surface area contributed by atoms with Crippen molar-refractivity contribution >= 4 is 5.96 Å². The summed E-state index contributed by atoms with van der Waals surface area (Å²) in [6, 6.07) is 10.8. The second-order valence-corrected chi connectivity index (χ2v) is 5.60. The quantitative estimate of drug-likeness (QED) is 0.525. The average Bonchev–Trinajstić information content (AvgIpc) is 2.52. The van der Waals surface area contributed by atoms with Gasteiger partial charge in [0, 0.05) is 19.6 Å². The number of aliphatic imine (C=N–C) groups is 1. The first kappa shape index (κ1) is 15.4. The van der Waals surface area contributed by atoms with Gasteiger partial charge in [0.25, 0.3) is 0 Å². The molecule has 3 heteroatoms. The highest BCUT2D eigenvalue weighted by molar-refractivity contribution is 5.80. The lowest BCUT2D eigenvalue weighted by Gasteiger charge is -2.38. The number of terminal acetylenes is 1. The first-order valence-corrected chi connectivity index (χ1v) is 7.78. The maximum atomic E-state index is 5.32. The Morgan fingerprint density at radius 3 is 2.81 bits per heavy atom. The highest BCUT2D eigenvalue weighted by Crippen LogP contribution is 2.32. The third-order valence-electron chi connectivity index (χ3n) is 4.09. The number of rotatable bonds is 3. The number of guanidine groups is 1. The second kappa shape index (κ2) is 7.73. The van der Waals surface area contributed by atoms with E-state index in [1.54, 1.807) is 0 Å². The Kier molecular flexibility index (Phi) is 5.68. The largest absolute Gasteiger partial charge is 0.356 e. The topological polar surface area (TPSA) is 27.6 Å². The molecule has 2 unspecified atom stereocenters. The smallest absolute Gasteiger partial charge is 0.194 e. The summed E-state index contributed by atoms with van der Waals surface area (Å²) in [6.07, 6.45) is 6.48. The highest BCUT2D eigenvalue weighted by Gasteiger charge is 2.28. The number of piperidine rings is 1. The van der Waals surface area contributed by atoms with E-state index in [-0.39, 0.29) is 0 Å². The molecule has 0 aliphatic carbocycles. The normalized spacial score (nSPS) is 22.7. The van der Waals surface area contributed by atoms with Crippen molar-refractivity contribution in [3.8, 4) is 12.3 Å². The second-order valence-electron chi connectivity index (χ2n) is 5.60. The fraction of sp³-hybridized carbons (Fsp3) is 0.500. The Morgan fingerprint density at radius 2 is 2.19 bits per heavy atom. The van der Waals surface area contributed by atoms with Crippen LogP contribution in [0, 0.1) is 18.3 Å². The predicted octanol–water partition coefficient (Wildman–Crippen LogP) is 2.71. The molecule has 1 aromatic rings. The van der Waals surface area contributed by atoms with Gasteiger partial charge in [0.05, 0.1) is 0 Å². The maximum absolute atomic E-state index is 5.32. The van der Waals surface area contributed by atoms with Gasteiger partial charge in [-0.2, -0.15) is 0 Å². The Bertz CT molecular complexity index is 501. The van der Waals surface area contributed by atoms with E-state index in [4.69, 9.17) is 6.42 Å². The van der Waals surface area contributed by atoms with Gasteiger partial charge >= 0.3 is 0 Å². The summed E-state index contributed by atoms with van der Waals surface area (Å²) in [4.78, 5) is 6.82. The molecule has 112 valence electrons. The van der Waals surface area contributed by atoms with Gasteiger partial charge in [0.2, 0.25) is 0 Å². The van der Waals surface area contributed by atoms with Crippen molar-refractivity contribution < 1.29 is 0 Å². The minimum absolute atomic E-state index is 0.440. The van der Waals surface area contributed by atoms with Crippen LogP contribution < -0.4 is 5.32 Å². The Hall–Kier alpha value is -1.95. The van der Waals surface area contributed by atoms with E-state index >= 15 is 0 Å². The molecule has 3 nitrogen and oxygen atoms in total. The van der Waals surface area contributed by atoms with E-state index in [9.17, 15) is 0 Å². The van der Waals surface area contributed by atoms with E-state index < -0.39 is 0 Å². The fourth-order valence-corrected chi connectivity index (χ4v) is 3.08. The molecule has 1 aliphatic rings. The molecule has 0 saturated carbocycles. The van der Waals surface area contributed by atoms with Crippen LogP contribution in [-0.4, -0.2) is 37.0 Å². The minimum atomic E-state index is 0.440. The molecular formula is C18H25N3. The van der Waals surface area contributed by atoms with E-state index in [0.717, 1.165) is 32.0 Å². The molecular weight excluding hydrogens is 258 g/mol. The molecule has 2 rings (SSSR count). The average molecular weight is 283 g/mol. The number of hydrogen-bond donors (Lipinski definition) is 1. The first-order chi connectivity index (χ1) is 10.3. The zero-order valence-electron chi connectivity index (χ0n) is 13.0. The van der Waals surface area contributed by atoms with Crippen molar-refractivity contribution in [1.29, 1.82) is 0 Å². The molecule has 1 aliphatic heterocycles. The molecule has 1 fully saturated rings. The van der Waals surface area contributed by atoms with Crippen molar-refractivity contribution in [3.05, 3.63) is 35.9 Å². The van der Waals surface area contributed by atoms with Crippen LogP contribution in [-0.2, 0) is 0 Å². The number of nitrogens with one attached hydrogen (secondary N) is 1. The SMILES string of the molecule is C#CCN=C(NCC)N1CCC(c2ccccc2)C(C)C1. The summed E-state index contributed by atoms with van der Waals surface area (Å²) in [5.74, 6) is 4.78. The lowest BCUT2D eigenvalue weighted by Crippen LogP contribution is -2.48. The van der Waals surface area contributed by atoms with Gasteiger partial charge in [-0.3, -0.25) is 0 Å². The molecule has 21 heavy (non-hydrogen) atoms. The summed E-state index contributed by atoms with van der Waals surface area (Å²) < 4.78 is 0. The Labute approximate surface area is 128 Å². The molecule has 0 spiro atoms. The lowest BCUT2D eigenvalue weighted by atomic mass is 9.82. The molecule has 0 amide bonds. The fourth-order valence-electron chi connectivity index (χ4n) is 3.08. The van der Waals surface area contributed by atoms with Crippen molar-refractivity contribution in [1.82, 2.24) is 10.2 Å². The van der Waals surface area contributed by atoms with Crippen molar-refractivity contribution in [2.45, 2.75) is 26.2 Å². The van der Waals surface area contributed by atoms with Crippen LogP contribution in [0.4, 0.5) is 0 Å². The number of nitrogens with zero attached hydrogens (tertiary/aromatic N) is 2. The maximum Gasteiger partial charge on any atom is 0.194 e. The van der Waals surface area contributed by atoms with Gasteiger partial charge in [-0.1, -0.05) is 43.2 Å².